The number of carbonyl (C=O) groups excluding carboxylic acids is 3. The number of hydrogen-bond acceptors (Lipinski definition) is 8. The summed E-state index contributed by atoms with van der Waals surface area (Å²) in [6.07, 6.45) is 1.74. The van der Waals surface area contributed by atoms with E-state index in [1.54, 1.807) is 30.0 Å². The minimum Gasteiger partial charge on any atom is -0.481 e. The molecule has 1 aliphatic heterocycles. The van der Waals surface area contributed by atoms with Crippen LogP contribution in [0.4, 0.5) is 0 Å². The second-order valence-electron chi connectivity index (χ2n) is 11.4. The molecular formula is C31H46N6O8S. The maximum Gasteiger partial charge on any atom is 0.328 e. The summed E-state index contributed by atoms with van der Waals surface area (Å²) in [5, 5.41) is 19.5. The maximum atomic E-state index is 13.8. The lowest BCUT2D eigenvalue weighted by Crippen LogP contribution is -2.55. The van der Waals surface area contributed by atoms with Crippen molar-refractivity contribution >= 4 is 50.5 Å². The van der Waals surface area contributed by atoms with Gasteiger partial charge in [-0.2, -0.15) is 4.72 Å². The fourth-order valence-electron chi connectivity index (χ4n) is 5.23. The molecule has 6 N–H and O–H groups in total. The predicted octanol–water partition coefficient (Wildman–Crippen LogP) is 1.74. The van der Waals surface area contributed by atoms with Crippen LogP contribution in [0.5, 0.6) is 0 Å². The summed E-state index contributed by atoms with van der Waals surface area (Å²) in [7, 11) is -1.61. The fraction of sp³-hybridized carbons (Fsp3) is 0.516. The van der Waals surface area contributed by atoms with E-state index in [4.69, 9.17) is 25.8 Å². The third-order valence-corrected chi connectivity index (χ3v) is 9.32. The molecular weight excluding hydrogens is 616 g/mol. The average molecular weight is 663 g/mol. The number of likely N-dealkylation sites (tertiary alicyclic amines) is 1. The predicted molar refractivity (Wildman–Crippen MR) is 173 cm³/mol. The van der Waals surface area contributed by atoms with Crippen molar-refractivity contribution in [1.82, 2.24) is 19.8 Å². The second kappa shape index (κ2) is 17.5. The topological polar surface area (TPSA) is 212 Å². The Balaban J connectivity index is 0.00000173. The van der Waals surface area contributed by atoms with Crippen LogP contribution >= 0.6 is 0 Å². The van der Waals surface area contributed by atoms with E-state index in [0.29, 0.717) is 24.9 Å². The van der Waals surface area contributed by atoms with Crippen molar-refractivity contribution in [2.24, 2.45) is 17.6 Å². The Morgan fingerprint density at radius 1 is 1.17 bits per heavy atom. The highest BCUT2D eigenvalue weighted by molar-refractivity contribution is 7.89. The first kappa shape index (κ1) is 37.9. The van der Waals surface area contributed by atoms with Gasteiger partial charge in [-0.15, -0.1) is 0 Å². The number of aliphatic carboxylic acids is 1. The molecule has 0 bridgehead atoms. The standard InChI is InChI=1S/C29H42N6O6S.C2H4O2/c1-5-19(2)26(28(38)41-4)34(3)27(37)24(16-25(36)32-17-20-9-8-14-35(18-20)29(30)31)33-42(39,40)23-13-12-21-10-6-7-11-22(21)15-23;1-2(3)4/h6-7,10-13,15,19-20,24,26,33H,5,8-9,14,16-18H2,1-4H3,(H3,30,31)(H,32,36);1H3,(H,3,4)/t19-,20-,24-,26-;/m0./s1. The number of carboxylic acid groups (broad SMARTS) is 1. The molecule has 46 heavy (non-hydrogen) atoms. The Morgan fingerprint density at radius 3 is 2.39 bits per heavy atom. The molecule has 14 nitrogen and oxygen atoms in total. The molecule has 1 heterocycles. The number of guanidine groups is 1. The molecule has 254 valence electrons. The smallest absolute Gasteiger partial charge is 0.328 e. The van der Waals surface area contributed by atoms with Crippen molar-refractivity contribution < 1.29 is 37.4 Å². The second-order valence-corrected chi connectivity index (χ2v) is 13.1. The quantitative estimate of drug-likeness (QED) is 0.126. The maximum absolute atomic E-state index is 13.8. The van der Waals surface area contributed by atoms with Gasteiger partial charge in [-0.25, -0.2) is 13.2 Å². The number of hydrogen-bond donors (Lipinski definition) is 5. The monoisotopic (exact) mass is 662 g/mol. The van der Waals surface area contributed by atoms with Gasteiger partial charge in [-0.3, -0.25) is 19.8 Å². The third kappa shape index (κ3) is 11.0. The van der Waals surface area contributed by atoms with Crippen molar-refractivity contribution in [1.29, 1.82) is 5.41 Å². The molecule has 0 radical (unpaired) electrons. The third-order valence-electron chi connectivity index (χ3n) is 7.85. The zero-order chi connectivity index (χ0) is 34.6. The molecule has 2 amide bonds. The zero-order valence-corrected chi connectivity index (χ0v) is 27.8. The lowest BCUT2D eigenvalue weighted by Gasteiger charge is -2.33. The number of sulfonamides is 1. The van der Waals surface area contributed by atoms with Crippen LogP contribution in [0.3, 0.4) is 0 Å². The van der Waals surface area contributed by atoms with Crippen molar-refractivity contribution in [2.45, 2.75) is 63.4 Å². The molecule has 1 fully saturated rings. The van der Waals surface area contributed by atoms with Crippen molar-refractivity contribution in [3.63, 3.8) is 0 Å². The normalized spacial score (nSPS) is 16.6. The average Bonchev–Trinajstić information content (AvgIpc) is 3.02. The van der Waals surface area contributed by atoms with Gasteiger partial charge in [0.2, 0.25) is 21.8 Å². The minimum absolute atomic E-state index is 0.0238. The first-order valence-corrected chi connectivity index (χ1v) is 16.5. The molecule has 1 aliphatic rings. The Labute approximate surface area is 270 Å². The van der Waals surface area contributed by atoms with E-state index in [9.17, 15) is 22.8 Å². The number of carboxylic acids is 1. The number of benzene rings is 2. The van der Waals surface area contributed by atoms with Crippen LogP contribution in [0, 0.1) is 17.2 Å². The highest BCUT2D eigenvalue weighted by Gasteiger charge is 2.37. The number of esters is 1. The number of ether oxygens (including phenoxy) is 1. The summed E-state index contributed by atoms with van der Waals surface area (Å²) >= 11 is 0. The van der Waals surface area contributed by atoms with Gasteiger partial charge in [0, 0.05) is 33.6 Å². The molecule has 4 atom stereocenters. The summed E-state index contributed by atoms with van der Waals surface area (Å²) in [6.45, 7) is 6.22. The van der Waals surface area contributed by atoms with Crippen LogP contribution in [-0.4, -0.2) is 98.9 Å². The van der Waals surface area contributed by atoms with Gasteiger partial charge in [0.05, 0.1) is 18.4 Å². The van der Waals surface area contributed by atoms with E-state index in [0.717, 1.165) is 30.1 Å². The van der Waals surface area contributed by atoms with Crippen LogP contribution in [-0.2, 0) is 33.9 Å². The van der Waals surface area contributed by atoms with Crippen LogP contribution in [0.15, 0.2) is 47.4 Å². The number of likely N-dealkylation sites (N-methyl/N-ethyl adjacent to an activating group) is 1. The molecule has 1 saturated heterocycles. The van der Waals surface area contributed by atoms with Gasteiger partial charge in [0.25, 0.3) is 5.97 Å². The lowest BCUT2D eigenvalue weighted by atomic mass is 9.97. The number of nitrogens with zero attached hydrogens (tertiary/aromatic N) is 2. The van der Waals surface area contributed by atoms with Gasteiger partial charge in [0.15, 0.2) is 5.96 Å². The Bertz CT molecular complexity index is 1500. The summed E-state index contributed by atoms with van der Waals surface area (Å²) in [5.74, 6) is -2.98. The molecule has 0 aliphatic carbocycles. The SMILES string of the molecule is CC(=O)O.CC[C@H](C)[C@@H](C(=O)OC)N(C)C(=O)[C@H](CC(=O)NC[C@@H]1CCCN(C(=N)N)C1)NS(=O)(=O)c1ccc2ccccc2c1. The summed E-state index contributed by atoms with van der Waals surface area (Å²) in [6, 6.07) is 9.44. The summed E-state index contributed by atoms with van der Waals surface area (Å²) < 4.78 is 34.4. The number of carbonyl (C=O) groups is 4. The molecule has 0 unspecified atom stereocenters. The van der Waals surface area contributed by atoms with E-state index in [2.05, 4.69) is 10.0 Å². The zero-order valence-electron chi connectivity index (χ0n) is 27.0. The molecule has 0 spiro atoms. The van der Waals surface area contributed by atoms with Gasteiger partial charge < -0.3 is 30.7 Å². The van der Waals surface area contributed by atoms with E-state index in [-0.39, 0.29) is 29.2 Å². The molecule has 15 heteroatoms. The number of piperidine rings is 1. The largest absolute Gasteiger partial charge is 0.481 e. The molecule has 3 rings (SSSR count). The van der Waals surface area contributed by atoms with Crippen LogP contribution < -0.4 is 15.8 Å². The van der Waals surface area contributed by atoms with E-state index < -0.39 is 52.3 Å². The van der Waals surface area contributed by atoms with E-state index >= 15 is 0 Å². The number of rotatable bonds is 12. The number of nitrogens with two attached hydrogens (primary N) is 1. The minimum atomic E-state index is -4.24. The lowest BCUT2D eigenvalue weighted by molar-refractivity contribution is -0.154. The van der Waals surface area contributed by atoms with Crippen molar-refractivity contribution in [3.8, 4) is 0 Å². The Kier molecular flexibility index (Phi) is 14.4. The van der Waals surface area contributed by atoms with Gasteiger partial charge in [-0.05, 0) is 47.6 Å². The number of methoxy groups -OCH3 is 1. The number of amides is 2. The van der Waals surface area contributed by atoms with Crippen molar-refractivity contribution in [3.05, 3.63) is 42.5 Å². The van der Waals surface area contributed by atoms with Crippen LogP contribution in [0.25, 0.3) is 10.8 Å². The van der Waals surface area contributed by atoms with Gasteiger partial charge in [0.1, 0.15) is 12.1 Å². The number of fused-ring (bicyclic) bond motifs is 1. The summed E-state index contributed by atoms with van der Waals surface area (Å²) in [5.41, 5.74) is 5.62. The van der Waals surface area contributed by atoms with E-state index in [1.165, 1.54) is 26.3 Å². The molecule has 2 aromatic rings. The fourth-order valence-corrected chi connectivity index (χ4v) is 6.46. The van der Waals surface area contributed by atoms with Crippen molar-refractivity contribution in [2.75, 3.05) is 33.8 Å². The summed E-state index contributed by atoms with van der Waals surface area (Å²) in [4.78, 5) is 51.3. The first-order valence-electron chi connectivity index (χ1n) is 15.0. The molecule has 0 aromatic heterocycles. The molecule has 2 aromatic carbocycles. The van der Waals surface area contributed by atoms with Crippen LogP contribution in [0.2, 0.25) is 0 Å². The Hall–Kier alpha value is -4.24. The van der Waals surface area contributed by atoms with Gasteiger partial charge in [-0.1, -0.05) is 50.6 Å². The first-order chi connectivity index (χ1) is 21.6. The molecule has 0 saturated carbocycles. The van der Waals surface area contributed by atoms with E-state index in [1.807, 2.05) is 19.1 Å². The number of nitrogens with one attached hydrogen (secondary N) is 3. The highest BCUT2D eigenvalue weighted by Crippen LogP contribution is 2.21. The van der Waals surface area contributed by atoms with Gasteiger partial charge >= 0.3 is 5.97 Å². The Morgan fingerprint density at radius 2 is 1.80 bits per heavy atom. The highest BCUT2D eigenvalue weighted by atomic mass is 32.2. The van der Waals surface area contributed by atoms with Crippen LogP contribution in [0.1, 0.15) is 46.5 Å².